The molecule has 2 fully saturated rings. The molecule has 0 saturated carbocycles. The van der Waals surface area contributed by atoms with Gasteiger partial charge in [-0.1, -0.05) is 12.1 Å². The molecule has 4 rings (SSSR count). The van der Waals surface area contributed by atoms with Gasteiger partial charge in [-0.15, -0.1) is 0 Å². The highest BCUT2D eigenvalue weighted by atomic mass is 16.2. The van der Waals surface area contributed by atoms with Gasteiger partial charge in [0.25, 0.3) is 0 Å². The summed E-state index contributed by atoms with van der Waals surface area (Å²) in [5.74, 6) is 0. The Balaban J connectivity index is 1.39. The fraction of sp³-hybridized carbons (Fsp3) is 0.471. The first kappa shape index (κ1) is 15.1. The van der Waals surface area contributed by atoms with Crippen molar-refractivity contribution >= 4 is 6.03 Å². The van der Waals surface area contributed by atoms with Crippen LogP contribution in [0.5, 0.6) is 0 Å². The number of amides is 2. The Morgan fingerprint density at radius 3 is 2.62 bits per heavy atom. The van der Waals surface area contributed by atoms with Crippen molar-refractivity contribution in [1.82, 2.24) is 29.9 Å². The third kappa shape index (κ3) is 2.99. The normalized spacial score (nSPS) is 19.2. The highest BCUT2D eigenvalue weighted by Crippen LogP contribution is 2.20. The van der Waals surface area contributed by atoms with Crippen LogP contribution < -0.4 is 5.32 Å². The molecule has 2 aliphatic rings. The molecular formula is C17H22N6O. The standard InChI is InChI=1S/C17H22N6O/c24-17-21(9-10-22(17)15-5-7-18-8-6-15)11-14-1-3-16(4-2-14)23-13-19-12-20-23/h1-4,12-13,15,18H,5-11H2. The second-order valence-corrected chi connectivity index (χ2v) is 6.39. The summed E-state index contributed by atoms with van der Waals surface area (Å²) >= 11 is 0. The van der Waals surface area contributed by atoms with Crippen LogP contribution in [0.1, 0.15) is 18.4 Å². The number of nitrogens with zero attached hydrogens (tertiary/aromatic N) is 5. The van der Waals surface area contributed by atoms with Gasteiger partial charge in [0, 0.05) is 25.7 Å². The minimum Gasteiger partial charge on any atom is -0.320 e. The van der Waals surface area contributed by atoms with Crippen LogP contribution in [0, 0.1) is 0 Å². The molecular weight excluding hydrogens is 304 g/mol. The zero-order chi connectivity index (χ0) is 16.4. The summed E-state index contributed by atoms with van der Waals surface area (Å²) in [7, 11) is 0. The summed E-state index contributed by atoms with van der Waals surface area (Å²) in [6.45, 7) is 4.35. The zero-order valence-corrected chi connectivity index (χ0v) is 13.6. The Morgan fingerprint density at radius 1 is 1.12 bits per heavy atom. The van der Waals surface area contributed by atoms with Crippen molar-refractivity contribution in [3.63, 3.8) is 0 Å². The number of carbonyl (C=O) groups excluding carboxylic acids is 1. The molecule has 0 aliphatic carbocycles. The number of aromatic nitrogens is 3. The fourth-order valence-corrected chi connectivity index (χ4v) is 3.52. The lowest BCUT2D eigenvalue weighted by atomic mass is 10.1. The van der Waals surface area contributed by atoms with Crippen LogP contribution in [0.2, 0.25) is 0 Å². The smallest absolute Gasteiger partial charge is 0.320 e. The Kier molecular flexibility index (Phi) is 4.17. The summed E-state index contributed by atoms with van der Waals surface area (Å²) < 4.78 is 1.73. The number of nitrogens with one attached hydrogen (secondary N) is 1. The van der Waals surface area contributed by atoms with E-state index in [2.05, 4.69) is 32.4 Å². The second kappa shape index (κ2) is 6.60. The van der Waals surface area contributed by atoms with Crippen molar-refractivity contribution in [1.29, 1.82) is 0 Å². The first-order chi connectivity index (χ1) is 11.8. The first-order valence-corrected chi connectivity index (χ1v) is 8.51. The van der Waals surface area contributed by atoms with Crippen LogP contribution in [-0.2, 0) is 6.54 Å². The molecule has 7 nitrogen and oxygen atoms in total. The Labute approximate surface area is 141 Å². The summed E-state index contributed by atoms with van der Waals surface area (Å²) in [5, 5.41) is 7.48. The van der Waals surface area contributed by atoms with Crippen LogP contribution in [0.25, 0.3) is 5.69 Å². The van der Waals surface area contributed by atoms with Crippen molar-refractivity contribution in [3.8, 4) is 5.69 Å². The molecule has 126 valence electrons. The monoisotopic (exact) mass is 326 g/mol. The lowest BCUT2D eigenvalue weighted by Crippen LogP contribution is -2.45. The van der Waals surface area contributed by atoms with Gasteiger partial charge in [-0.25, -0.2) is 14.5 Å². The number of urea groups is 1. The van der Waals surface area contributed by atoms with Gasteiger partial charge in [-0.05, 0) is 43.6 Å². The van der Waals surface area contributed by atoms with Gasteiger partial charge in [0.1, 0.15) is 12.7 Å². The molecule has 2 saturated heterocycles. The Hall–Kier alpha value is -2.41. The molecule has 24 heavy (non-hydrogen) atoms. The average molecular weight is 326 g/mol. The third-order valence-corrected chi connectivity index (χ3v) is 4.87. The molecule has 1 aromatic heterocycles. The molecule has 0 radical (unpaired) electrons. The van der Waals surface area contributed by atoms with Crippen molar-refractivity contribution in [2.45, 2.75) is 25.4 Å². The van der Waals surface area contributed by atoms with E-state index in [1.807, 2.05) is 17.0 Å². The fourth-order valence-electron chi connectivity index (χ4n) is 3.52. The minimum absolute atomic E-state index is 0.183. The number of benzene rings is 1. The van der Waals surface area contributed by atoms with E-state index >= 15 is 0 Å². The number of hydrogen-bond donors (Lipinski definition) is 1. The second-order valence-electron chi connectivity index (χ2n) is 6.39. The highest BCUT2D eigenvalue weighted by molar-refractivity contribution is 5.77. The predicted octanol–water partition coefficient (Wildman–Crippen LogP) is 1.26. The SMILES string of the molecule is O=C1N(Cc2ccc(-n3cncn3)cc2)CCN1C1CCNCC1. The van der Waals surface area contributed by atoms with Gasteiger partial charge < -0.3 is 15.1 Å². The summed E-state index contributed by atoms with van der Waals surface area (Å²) in [5.41, 5.74) is 2.11. The van der Waals surface area contributed by atoms with E-state index < -0.39 is 0 Å². The molecule has 0 unspecified atom stereocenters. The Morgan fingerprint density at radius 2 is 1.92 bits per heavy atom. The summed E-state index contributed by atoms with van der Waals surface area (Å²) in [6, 6.07) is 8.71. The lowest BCUT2D eigenvalue weighted by molar-refractivity contribution is 0.165. The number of carbonyl (C=O) groups is 1. The van der Waals surface area contributed by atoms with Gasteiger partial charge in [-0.2, -0.15) is 5.10 Å². The molecule has 2 aromatic rings. The van der Waals surface area contributed by atoms with E-state index in [4.69, 9.17) is 0 Å². The zero-order valence-electron chi connectivity index (χ0n) is 13.6. The first-order valence-electron chi connectivity index (χ1n) is 8.51. The van der Waals surface area contributed by atoms with E-state index in [0.717, 1.165) is 50.3 Å². The van der Waals surface area contributed by atoms with E-state index in [1.54, 1.807) is 11.0 Å². The summed E-state index contributed by atoms with van der Waals surface area (Å²) in [4.78, 5) is 20.6. The van der Waals surface area contributed by atoms with E-state index in [9.17, 15) is 4.79 Å². The van der Waals surface area contributed by atoms with Gasteiger partial charge in [0.15, 0.2) is 0 Å². The maximum atomic E-state index is 12.7. The van der Waals surface area contributed by atoms with Crippen molar-refractivity contribution in [2.75, 3.05) is 26.2 Å². The molecule has 3 heterocycles. The van der Waals surface area contributed by atoms with Crippen molar-refractivity contribution < 1.29 is 4.79 Å². The molecule has 0 spiro atoms. The molecule has 1 aromatic carbocycles. The molecule has 2 aliphatic heterocycles. The predicted molar refractivity (Wildman–Crippen MR) is 89.8 cm³/mol. The number of hydrogen-bond acceptors (Lipinski definition) is 4. The molecule has 2 amide bonds. The highest BCUT2D eigenvalue weighted by Gasteiger charge is 2.33. The van der Waals surface area contributed by atoms with Gasteiger partial charge in [-0.3, -0.25) is 0 Å². The minimum atomic E-state index is 0.183. The Bertz CT molecular complexity index is 678. The molecule has 1 N–H and O–H groups in total. The molecule has 7 heteroatoms. The van der Waals surface area contributed by atoms with Crippen molar-refractivity contribution in [3.05, 3.63) is 42.5 Å². The maximum Gasteiger partial charge on any atom is 0.320 e. The van der Waals surface area contributed by atoms with Crippen LogP contribution >= 0.6 is 0 Å². The number of rotatable bonds is 4. The van der Waals surface area contributed by atoms with Gasteiger partial charge in [0.05, 0.1) is 5.69 Å². The van der Waals surface area contributed by atoms with Crippen molar-refractivity contribution in [2.24, 2.45) is 0 Å². The quantitative estimate of drug-likeness (QED) is 0.918. The third-order valence-electron chi connectivity index (χ3n) is 4.87. The van der Waals surface area contributed by atoms with Crippen LogP contribution in [0.15, 0.2) is 36.9 Å². The van der Waals surface area contributed by atoms with Gasteiger partial charge in [0.2, 0.25) is 0 Å². The number of piperidine rings is 1. The lowest BCUT2D eigenvalue weighted by Gasteiger charge is -2.31. The topological polar surface area (TPSA) is 66.3 Å². The maximum absolute atomic E-state index is 12.7. The molecule has 0 bridgehead atoms. The summed E-state index contributed by atoms with van der Waals surface area (Å²) in [6.07, 6.45) is 5.32. The largest absolute Gasteiger partial charge is 0.320 e. The average Bonchev–Trinajstić information content (AvgIpc) is 3.28. The van der Waals surface area contributed by atoms with Crippen LogP contribution in [-0.4, -0.2) is 62.8 Å². The molecule has 0 atom stereocenters. The van der Waals surface area contributed by atoms with Crippen LogP contribution in [0.3, 0.4) is 0 Å². The van der Waals surface area contributed by atoms with E-state index in [1.165, 1.54) is 6.33 Å². The van der Waals surface area contributed by atoms with E-state index in [0.29, 0.717) is 12.6 Å². The van der Waals surface area contributed by atoms with Gasteiger partial charge >= 0.3 is 6.03 Å². The van der Waals surface area contributed by atoms with E-state index in [-0.39, 0.29) is 6.03 Å². The van der Waals surface area contributed by atoms with Crippen LogP contribution in [0.4, 0.5) is 4.79 Å².